The molecule has 5 heteroatoms. The van der Waals surface area contributed by atoms with E-state index in [0.29, 0.717) is 0 Å². The van der Waals surface area contributed by atoms with E-state index in [-0.39, 0.29) is 0 Å². The molecule has 0 atom stereocenters. The summed E-state index contributed by atoms with van der Waals surface area (Å²) in [7, 11) is 0. The fraction of sp³-hybridized carbons (Fsp3) is 0. The van der Waals surface area contributed by atoms with Gasteiger partial charge in [-0.2, -0.15) is 0 Å². The number of rotatable bonds is 4. The molecule has 5 nitrogen and oxygen atoms in total. The zero-order chi connectivity index (χ0) is 16.9. The summed E-state index contributed by atoms with van der Waals surface area (Å²) in [5.41, 5.74) is 3.98. The van der Waals surface area contributed by atoms with Crippen LogP contribution in [0.1, 0.15) is 0 Å². The minimum Gasteiger partial charge on any atom is -0.356 e. The summed E-state index contributed by atoms with van der Waals surface area (Å²) >= 11 is 0. The fourth-order valence-electron chi connectivity index (χ4n) is 2.47. The van der Waals surface area contributed by atoms with E-state index >= 15 is 0 Å². The van der Waals surface area contributed by atoms with E-state index in [9.17, 15) is 0 Å². The first-order chi connectivity index (χ1) is 12.4. The molecule has 0 aliphatic heterocycles. The van der Waals surface area contributed by atoms with Gasteiger partial charge in [0.25, 0.3) is 0 Å². The highest BCUT2D eigenvalue weighted by molar-refractivity contribution is 5.67. The first-order valence-electron chi connectivity index (χ1n) is 7.90. The zero-order valence-electron chi connectivity index (χ0n) is 13.4. The highest BCUT2D eigenvalue weighted by Crippen LogP contribution is 2.23. The predicted octanol–water partition coefficient (Wildman–Crippen LogP) is 4.34. The molecule has 0 saturated carbocycles. The zero-order valence-corrected chi connectivity index (χ0v) is 13.4. The van der Waals surface area contributed by atoms with Crippen molar-refractivity contribution in [1.82, 2.24) is 19.9 Å². The van der Waals surface area contributed by atoms with Gasteiger partial charge in [0.1, 0.15) is 0 Å². The lowest BCUT2D eigenvalue weighted by molar-refractivity contribution is 1.18. The van der Waals surface area contributed by atoms with Crippen molar-refractivity contribution < 1.29 is 0 Å². The third-order valence-electron chi connectivity index (χ3n) is 3.71. The number of hydrogen-bond acceptors (Lipinski definition) is 5. The van der Waals surface area contributed by atoms with Crippen LogP contribution < -0.4 is 5.32 Å². The van der Waals surface area contributed by atoms with E-state index in [2.05, 4.69) is 25.3 Å². The molecular formula is C20H15N5. The Balaban J connectivity index is 1.49. The minimum atomic E-state index is 0.723. The van der Waals surface area contributed by atoms with Gasteiger partial charge < -0.3 is 5.32 Å². The van der Waals surface area contributed by atoms with Gasteiger partial charge in [-0.3, -0.25) is 0 Å². The Labute approximate surface area is 145 Å². The van der Waals surface area contributed by atoms with Crippen molar-refractivity contribution in [2.75, 3.05) is 5.32 Å². The molecule has 2 aromatic heterocycles. The van der Waals surface area contributed by atoms with Crippen molar-refractivity contribution in [2.45, 2.75) is 0 Å². The number of hydrogen-bond donors (Lipinski definition) is 1. The largest absolute Gasteiger partial charge is 0.356 e. The molecule has 0 aliphatic rings. The van der Waals surface area contributed by atoms with E-state index in [1.165, 1.54) is 0 Å². The van der Waals surface area contributed by atoms with E-state index in [1.807, 2.05) is 60.7 Å². The summed E-state index contributed by atoms with van der Waals surface area (Å²) < 4.78 is 0. The number of anilines is 2. The third kappa shape index (κ3) is 3.50. The van der Waals surface area contributed by atoms with Gasteiger partial charge in [0, 0.05) is 47.3 Å². The smallest absolute Gasteiger partial charge is 0.159 e. The molecule has 1 N–H and O–H groups in total. The molecule has 25 heavy (non-hydrogen) atoms. The van der Waals surface area contributed by atoms with Crippen LogP contribution in [0.15, 0.2) is 85.5 Å². The summed E-state index contributed by atoms with van der Waals surface area (Å²) in [5.74, 6) is 1.45. The Kier molecular flexibility index (Phi) is 4.12. The van der Waals surface area contributed by atoms with Crippen LogP contribution in [0.2, 0.25) is 0 Å². The van der Waals surface area contributed by atoms with Crippen LogP contribution in [0.25, 0.3) is 22.8 Å². The average Bonchev–Trinajstić information content (AvgIpc) is 2.71. The van der Waals surface area contributed by atoms with Crippen molar-refractivity contribution in [2.24, 2.45) is 0 Å². The molecule has 0 saturated heterocycles. The molecule has 0 aliphatic carbocycles. The topological polar surface area (TPSA) is 63.6 Å². The second-order valence-corrected chi connectivity index (χ2v) is 5.42. The first-order valence-corrected chi connectivity index (χ1v) is 7.90. The molecule has 0 spiro atoms. The van der Waals surface area contributed by atoms with Crippen molar-refractivity contribution in [3.8, 4) is 22.8 Å². The molecule has 4 aromatic rings. The van der Waals surface area contributed by atoms with E-state index in [0.717, 1.165) is 34.2 Å². The van der Waals surface area contributed by atoms with Crippen molar-refractivity contribution in [1.29, 1.82) is 0 Å². The third-order valence-corrected chi connectivity index (χ3v) is 3.71. The molecule has 120 valence electrons. The maximum Gasteiger partial charge on any atom is 0.159 e. The summed E-state index contributed by atoms with van der Waals surface area (Å²) in [5, 5.41) is 3.38. The lowest BCUT2D eigenvalue weighted by Crippen LogP contribution is -1.92. The standard InChI is InChI=1S/C20H15N5/c1-11-21-19(22-12-1)15-3-7-17(8-4-15)25-18-9-5-16(6-10-18)20-23-13-2-14-24-20/h1-14,25H. The Hall–Kier alpha value is -3.60. The molecule has 4 rings (SSSR count). The van der Waals surface area contributed by atoms with Crippen LogP contribution in [0, 0.1) is 0 Å². The second kappa shape index (κ2) is 6.88. The second-order valence-electron chi connectivity index (χ2n) is 5.42. The van der Waals surface area contributed by atoms with Crippen LogP contribution in [0.3, 0.4) is 0 Å². The van der Waals surface area contributed by atoms with Gasteiger partial charge in [-0.15, -0.1) is 0 Å². The van der Waals surface area contributed by atoms with Crippen LogP contribution in [0.5, 0.6) is 0 Å². The Morgan fingerprint density at radius 1 is 0.480 bits per heavy atom. The predicted molar refractivity (Wildman–Crippen MR) is 98.2 cm³/mol. The average molecular weight is 325 g/mol. The lowest BCUT2D eigenvalue weighted by atomic mass is 10.1. The van der Waals surface area contributed by atoms with Gasteiger partial charge in [-0.1, -0.05) is 0 Å². The molecular weight excluding hydrogens is 310 g/mol. The van der Waals surface area contributed by atoms with E-state index < -0.39 is 0 Å². The van der Waals surface area contributed by atoms with Crippen molar-refractivity contribution in [3.63, 3.8) is 0 Å². The summed E-state index contributed by atoms with van der Waals surface area (Å²) in [6, 6.07) is 19.7. The number of nitrogens with one attached hydrogen (secondary N) is 1. The molecule has 0 fully saturated rings. The van der Waals surface area contributed by atoms with E-state index in [1.54, 1.807) is 24.8 Å². The number of aromatic nitrogens is 4. The summed E-state index contributed by atoms with van der Waals surface area (Å²) in [6.07, 6.45) is 6.97. The summed E-state index contributed by atoms with van der Waals surface area (Å²) in [4.78, 5) is 17.0. The Morgan fingerprint density at radius 3 is 1.20 bits per heavy atom. The lowest BCUT2D eigenvalue weighted by Gasteiger charge is -2.08. The van der Waals surface area contributed by atoms with Crippen LogP contribution in [-0.2, 0) is 0 Å². The molecule has 2 heterocycles. The highest BCUT2D eigenvalue weighted by Gasteiger charge is 2.02. The summed E-state index contributed by atoms with van der Waals surface area (Å²) in [6.45, 7) is 0. The Morgan fingerprint density at radius 2 is 0.840 bits per heavy atom. The van der Waals surface area contributed by atoms with Crippen molar-refractivity contribution in [3.05, 3.63) is 85.5 Å². The first kappa shape index (κ1) is 15.0. The van der Waals surface area contributed by atoms with Crippen LogP contribution >= 0.6 is 0 Å². The van der Waals surface area contributed by atoms with Gasteiger partial charge in [-0.25, -0.2) is 19.9 Å². The molecule has 0 bridgehead atoms. The van der Waals surface area contributed by atoms with Gasteiger partial charge >= 0.3 is 0 Å². The van der Waals surface area contributed by atoms with E-state index in [4.69, 9.17) is 0 Å². The molecule has 0 radical (unpaired) electrons. The van der Waals surface area contributed by atoms with Gasteiger partial charge in [0.15, 0.2) is 11.6 Å². The maximum absolute atomic E-state index is 4.26. The molecule has 0 amide bonds. The SMILES string of the molecule is c1cnc(-c2ccc(Nc3ccc(-c4ncccn4)cc3)cc2)nc1. The van der Waals surface area contributed by atoms with Gasteiger partial charge in [-0.05, 0) is 60.7 Å². The Bertz CT molecular complexity index is 856. The highest BCUT2D eigenvalue weighted by atomic mass is 14.9. The fourth-order valence-corrected chi connectivity index (χ4v) is 2.47. The molecule has 0 unspecified atom stereocenters. The monoisotopic (exact) mass is 325 g/mol. The van der Waals surface area contributed by atoms with Gasteiger partial charge in [0.05, 0.1) is 0 Å². The number of benzene rings is 2. The normalized spacial score (nSPS) is 10.4. The number of nitrogens with zero attached hydrogens (tertiary/aromatic N) is 4. The molecule has 2 aromatic carbocycles. The maximum atomic E-state index is 4.26. The van der Waals surface area contributed by atoms with Crippen molar-refractivity contribution >= 4 is 11.4 Å². The van der Waals surface area contributed by atoms with Gasteiger partial charge in [0.2, 0.25) is 0 Å². The quantitative estimate of drug-likeness (QED) is 0.604. The van der Waals surface area contributed by atoms with Crippen LogP contribution in [0.4, 0.5) is 11.4 Å². The minimum absolute atomic E-state index is 0.723. The van der Waals surface area contributed by atoms with Crippen LogP contribution in [-0.4, -0.2) is 19.9 Å².